The fourth-order valence-electron chi connectivity index (χ4n) is 3.50. The van der Waals surface area contributed by atoms with Gasteiger partial charge in [-0.25, -0.2) is 0 Å². The number of ether oxygens (including phenoxy) is 2. The summed E-state index contributed by atoms with van der Waals surface area (Å²) in [5.74, 6) is 2.11. The molecule has 0 amide bonds. The van der Waals surface area contributed by atoms with Gasteiger partial charge in [-0.05, 0) is 43.2 Å². The fourth-order valence-corrected chi connectivity index (χ4v) is 3.50. The third-order valence-corrected chi connectivity index (χ3v) is 5.30. The first-order chi connectivity index (χ1) is 13.2. The molecular formula is C22H35N3O2. The van der Waals surface area contributed by atoms with Crippen LogP contribution in [-0.4, -0.2) is 51.0 Å². The minimum Gasteiger partial charge on any atom is -0.379 e. The lowest BCUT2D eigenvalue weighted by Gasteiger charge is -2.12. The third-order valence-electron chi connectivity index (χ3n) is 5.30. The summed E-state index contributed by atoms with van der Waals surface area (Å²) in [6, 6.07) is 9.60. The van der Waals surface area contributed by atoms with Crippen molar-refractivity contribution >= 4 is 5.96 Å². The Morgan fingerprint density at radius 3 is 2.78 bits per heavy atom. The lowest BCUT2D eigenvalue weighted by Crippen LogP contribution is -2.39. The van der Waals surface area contributed by atoms with Crippen molar-refractivity contribution in [3.63, 3.8) is 0 Å². The molecule has 1 heterocycles. The smallest absolute Gasteiger partial charge is 0.191 e. The maximum absolute atomic E-state index is 5.80. The maximum atomic E-state index is 5.80. The molecular weight excluding hydrogens is 338 g/mol. The van der Waals surface area contributed by atoms with Crippen molar-refractivity contribution in [1.82, 2.24) is 10.6 Å². The molecule has 0 bridgehead atoms. The van der Waals surface area contributed by atoms with E-state index in [1.165, 1.54) is 17.5 Å². The van der Waals surface area contributed by atoms with E-state index >= 15 is 0 Å². The lowest BCUT2D eigenvalue weighted by molar-refractivity contribution is 0.0424. The molecule has 1 aromatic rings. The lowest BCUT2D eigenvalue weighted by atomic mass is 10.0. The van der Waals surface area contributed by atoms with Crippen molar-refractivity contribution in [3.05, 3.63) is 35.4 Å². The van der Waals surface area contributed by atoms with Gasteiger partial charge in [-0.2, -0.15) is 0 Å². The van der Waals surface area contributed by atoms with E-state index in [1.807, 2.05) is 0 Å². The number of nitrogens with zero attached hydrogens (tertiary/aromatic N) is 1. The van der Waals surface area contributed by atoms with Gasteiger partial charge in [0.25, 0.3) is 0 Å². The molecule has 0 aromatic heterocycles. The van der Waals surface area contributed by atoms with Crippen LogP contribution in [0.2, 0.25) is 0 Å². The van der Waals surface area contributed by atoms with Gasteiger partial charge in [-0.3, -0.25) is 4.99 Å². The molecule has 1 aromatic carbocycles. The Labute approximate surface area is 163 Å². The number of benzene rings is 1. The Morgan fingerprint density at radius 2 is 2.11 bits per heavy atom. The highest BCUT2D eigenvalue weighted by Gasteiger charge is 2.38. The summed E-state index contributed by atoms with van der Waals surface area (Å²) in [6.45, 7) is 10.6. The Balaban J connectivity index is 1.41. The molecule has 0 spiro atoms. The number of rotatable bonds is 9. The normalized spacial score (nSPS) is 25.0. The summed E-state index contributed by atoms with van der Waals surface area (Å²) in [5, 5.41) is 6.95. The first-order valence-corrected chi connectivity index (χ1v) is 10.5. The van der Waals surface area contributed by atoms with Crippen molar-refractivity contribution in [2.75, 3.05) is 32.9 Å². The van der Waals surface area contributed by atoms with E-state index in [1.54, 1.807) is 0 Å². The minimum absolute atomic E-state index is 0.287. The van der Waals surface area contributed by atoms with E-state index < -0.39 is 0 Å². The molecule has 1 saturated heterocycles. The van der Waals surface area contributed by atoms with Gasteiger partial charge in [-0.15, -0.1) is 0 Å². The fraction of sp³-hybridized carbons (Fsp3) is 0.682. The van der Waals surface area contributed by atoms with Crippen LogP contribution in [0.25, 0.3) is 0 Å². The molecule has 2 N–H and O–H groups in total. The van der Waals surface area contributed by atoms with Crippen molar-refractivity contribution in [1.29, 1.82) is 0 Å². The van der Waals surface area contributed by atoms with E-state index in [9.17, 15) is 0 Å². The van der Waals surface area contributed by atoms with Crippen LogP contribution in [0.1, 0.15) is 63.0 Å². The first kappa shape index (κ1) is 20.2. The molecule has 0 radical (unpaired) electrons. The molecule has 5 heteroatoms. The standard InChI is InChI=1S/C22H35N3O2/c1-4-23-22(24-11-5-12-27-19-10-13-26-15-19)25-21-14-20(21)18-8-6-17(7-9-18)16(2)3/h6-9,16,19-21H,4-5,10-15H2,1-3H3,(H2,23,24,25). The maximum Gasteiger partial charge on any atom is 0.191 e. The minimum atomic E-state index is 0.287. The van der Waals surface area contributed by atoms with Crippen molar-refractivity contribution in [2.24, 2.45) is 4.99 Å². The van der Waals surface area contributed by atoms with Crippen LogP contribution in [0.4, 0.5) is 0 Å². The predicted octanol–water partition coefficient (Wildman–Crippen LogP) is 3.42. The molecule has 2 fully saturated rings. The number of aliphatic imine (C=N–C) groups is 1. The SMILES string of the molecule is CCNC(=NCCCOC1CCOC1)NC1CC1c1ccc(C(C)C)cc1. The molecule has 1 aliphatic carbocycles. The van der Waals surface area contributed by atoms with E-state index in [4.69, 9.17) is 14.5 Å². The zero-order valence-electron chi connectivity index (χ0n) is 17.0. The number of hydrogen-bond acceptors (Lipinski definition) is 3. The summed E-state index contributed by atoms with van der Waals surface area (Å²) in [6.07, 6.45) is 3.43. The summed E-state index contributed by atoms with van der Waals surface area (Å²) in [5.41, 5.74) is 2.84. The molecule has 150 valence electrons. The van der Waals surface area contributed by atoms with Gasteiger partial charge in [0.1, 0.15) is 0 Å². The van der Waals surface area contributed by atoms with Gasteiger partial charge in [0.2, 0.25) is 0 Å². The molecule has 1 aliphatic heterocycles. The summed E-state index contributed by atoms with van der Waals surface area (Å²) in [7, 11) is 0. The number of hydrogen-bond donors (Lipinski definition) is 2. The van der Waals surface area contributed by atoms with E-state index in [0.717, 1.165) is 51.7 Å². The van der Waals surface area contributed by atoms with Crippen LogP contribution in [0, 0.1) is 0 Å². The Bertz CT molecular complexity index is 594. The second-order valence-electron chi connectivity index (χ2n) is 7.88. The molecule has 3 rings (SSSR count). The zero-order valence-corrected chi connectivity index (χ0v) is 17.0. The first-order valence-electron chi connectivity index (χ1n) is 10.5. The summed E-state index contributed by atoms with van der Waals surface area (Å²) >= 11 is 0. The van der Waals surface area contributed by atoms with Gasteiger partial charge in [-0.1, -0.05) is 38.1 Å². The third kappa shape index (κ3) is 6.22. The number of guanidine groups is 1. The van der Waals surface area contributed by atoms with Crippen LogP contribution < -0.4 is 10.6 Å². The highest BCUT2D eigenvalue weighted by Crippen LogP contribution is 2.41. The Kier molecular flexibility index (Phi) is 7.53. The van der Waals surface area contributed by atoms with E-state index in [2.05, 4.69) is 55.7 Å². The average Bonchev–Trinajstić information content (AvgIpc) is 3.23. The van der Waals surface area contributed by atoms with Crippen LogP contribution in [0.3, 0.4) is 0 Å². The quantitative estimate of drug-likeness (QED) is 0.396. The van der Waals surface area contributed by atoms with Gasteiger partial charge in [0.15, 0.2) is 5.96 Å². The number of nitrogens with one attached hydrogen (secondary N) is 2. The molecule has 2 aliphatic rings. The average molecular weight is 374 g/mol. The summed E-state index contributed by atoms with van der Waals surface area (Å²) in [4.78, 5) is 4.71. The second kappa shape index (κ2) is 10.1. The van der Waals surface area contributed by atoms with E-state index in [0.29, 0.717) is 17.9 Å². The largest absolute Gasteiger partial charge is 0.379 e. The highest BCUT2D eigenvalue weighted by molar-refractivity contribution is 5.80. The summed E-state index contributed by atoms with van der Waals surface area (Å²) < 4.78 is 11.1. The molecule has 3 unspecified atom stereocenters. The van der Waals surface area contributed by atoms with Crippen LogP contribution in [0.5, 0.6) is 0 Å². The van der Waals surface area contributed by atoms with E-state index in [-0.39, 0.29) is 6.10 Å². The van der Waals surface area contributed by atoms with Crippen molar-refractivity contribution < 1.29 is 9.47 Å². The Hall–Kier alpha value is -1.59. The molecule has 27 heavy (non-hydrogen) atoms. The monoisotopic (exact) mass is 373 g/mol. The highest BCUT2D eigenvalue weighted by atomic mass is 16.5. The molecule has 5 nitrogen and oxygen atoms in total. The van der Waals surface area contributed by atoms with Crippen LogP contribution in [0.15, 0.2) is 29.3 Å². The zero-order chi connectivity index (χ0) is 19.1. The predicted molar refractivity (Wildman–Crippen MR) is 111 cm³/mol. The topological polar surface area (TPSA) is 54.9 Å². The van der Waals surface area contributed by atoms with Gasteiger partial charge in [0.05, 0.1) is 12.7 Å². The van der Waals surface area contributed by atoms with Gasteiger partial charge < -0.3 is 20.1 Å². The van der Waals surface area contributed by atoms with Crippen molar-refractivity contribution in [2.45, 2.75) is 64.0 Å². The molecule has 3 atom stereocenters. The second-order valence-corrected chi connectivity index (χ2v) is 7.88. The van der Waals surface area contributed by atoms with Crippen LogP contribution >= 0.6 is 0 Å². The molecule has 1 saturated carbocycles. The van der Waals surface area contributed by atoms with Crippen molar-refractivity contribution in [3.8, 4) is 0 Å². The van der Waals surface area contributed by atoms with Gasteiger partial charge in [0, 0.05) is 38.3 Å². The Morgan fingerprint density at radius 1 is 1.30 bits per heavy atom. The van der Waals surface area contributed by atoms with Crippen LogP contribution in [-0.2, 0) is 9.47 Å². The van der Waals surface area contributed by atoms with Gasteiger partial charge >= 0.3 is 0 Å².